The van der Waals surface area contributed by atoms with Gasteiger partial charge in [-0.25, -0.2) is 4.79 Å². The molecule has 0 saturated carbocycles. The Morgan fingerprint density at radius 1 is 1.38 bits per heavy atom. The zero-order valence-corrected chi connectivity index (χ0v) is 10.5. The first kappa shape index (κ1) is 13.1. The molecular weight excluding hydrogens is 251 g/mol. The molecule has 5 heteroatoms. The average Bonchev–Trinajstić information content (AvgIpc) is 2.15. The van der Waals surface area contributed by atoms with Gasteiger partial charge in [-0.1, -0.05) is 37.0 Å². The molecule has 1 N–H and O–H groups in total. The smallest absolute Gasteiger partial charge is 0.341 e. The van der Waals surface area contributed by atoms with Crippen molar-refractivity contribution in [2.45, 2.75) is 19.8 Å². The summed E-state index contributed by atoms with van der Waals surface area (Å²) in [6.07, 6.45) is 0. The maximum Gasteiger partial charge on any atom is 0.341 e. The number of carbonyl (C=O) groups is 1. The fourth-order valence-electron chi connectivity index (χ4n) is 1.18. The lowest BCUT2D eigenvalue weighted by Crippen LogP contribution is -2.10. The average molecular weight is 263 g/mol. The minimum absolute atomic E-state index is 0.218. The Morgan fingerprint density at radius 3 is 2.25 bits per heavy atom. The molecule has 0 heterocycles. The topological polar surface area (TPSA) is 46.5 Å². The molecule has 0 spiro atoms. The third-order valence-electron chi connectivity index (χ3n) is 2.03. The molecule has 0 aliphatic rings. The van der Waals surface area contributed by atoms with Crippen LogP contribution < -0.4 is 4.74 Å². The minimum Gasteiger partial charge on any atom is -0.479 e. The van der Waals surface area contributed by atoms with Crippen LogP contribution in [0.1, 0.15) is 25.3 Å². The predicted octanol–water partition coefficient (Wildman–Crippen LogP) is 3.58. The first-order valence-corrected chi connectivity index (χ1v) is 5.51. The highest BCUT2D eigenvalue weighted by Gasteiger charge is 2.12. The molecular formula is C11H12Cl2O3. The number of hydrogen-bond donors (Lipinski definition) is 1. The minimum atomic E-state index is -1.07. The van der Waals surface area contributed by atoms with Gasteiger partial charge < -0.3 is 9.84 Å². The van der Waals surface area contributed by atoms with Crippen molar-refractivity contribution in [2.75, 3.05) is 6.61 Å². The second-order valence-electron chi connectivity index (χ2n) is 3.65. The van der Waals surface area contributed by atoms with E-state index < -0.39 is 12.6 Å². The molecule has 0 aliphatic carbocycles. The lowest BCUT2D eigenvalue weighted by Gasteiger charge is -2.12. The molecule has 0 aliphatic heterocycles. The Labute approximate surface area is 104 Å². The number of benzene rings is 1. The molecule has 0 atom stereocenters. The van der Waals surface area contributed by atoms with Crippen molar-refractivity contribution >= 4 is 29.2 Å². The van der Waals surface area contributed by atoms with Crippen LogP contribution in [0, 0.1) is 0 Å². The highest BCUT2D eigenvalue weighted by atomic mass is 35.5. The van der Waals surface area contributed by atoms with Gasteiger partial charge in [0.05, 0.1) is 10.0 Å². The number of rotatable bonds is 4. The standard InChI is InChI=1S/C11H12Cl2O3/c1-6(2)7-3-8(12)11(9(13)4-7)16-5-10(14)15/h3-4,6H,5H2,1-2H3,(H,14,15). The monoisotopic (exact) mass is 262 g/mol. The van der Waals surface area contributed by atoms with Crippen molar-refractivity contribution in [3.8, 4) is 5.75 Å². The summed E-state index contributed by atoms with van der Waals surface area (Å²) in [7, 11) is 0. The molecule has 0 aromatic heterocycles. The summed E-state index contributed by atoms with van der Waals surface area (Å²) in [4.78, 5) is 10.4. The second-order valence-corrected chi connectivity index (χ2v) is 4.47. The Morgan fingerprint density at radius 2 is 1.88 bits per heavy atom. The summed E-state index contributed by atoms with van der Waals surface area (Å²) in [6.45, 7) is 3.57. The number of aliphatic carboxylic acids is 1. The molecule has 1 aromatic carbocycles. The summed E-state index contributed by atoms with van der Waals surface area (Å²) in [5.41, 5.74) is 0.984. The van der Waals surface area contributed by atoms with Gasteiger partial charge in [-0.05, 0) is 23.6 Å². The van der Waals surface area contributed by atoms with Gasteiger partial charge in [0.1, 0.15) is 0 Å². The Bertz CT molecular complexity index is 379. The van der Waals surface area contributed by atoms with Crippen LogP contribution in [0.15, 0.2) is 12.1 Å². The molecule has 0 saturated heterocycles. The van der Waals surface area contributed by atoms with Gasteiger partial charge in [0.25, 0.3) is 0 Å². The SMILES string of the molecule is CC(C)c1cc(Cl)c(OCC(=O)O)c(Cl)c1. The molecule has 0 unspecified atom stereocenters. The van der Waals surface area contributed by atoms with Crippen LogP contribution in [0.3, 0.4) is 0 Å². The van der Waals surface area contributed by atoms with E-state index in [0.29, 0.717) is 16.0 Å². The summed E-state index contributed by atoms with van der Waals surface area (Å²) in [5, 5.41) is 9.15. The van der Waals surface area contributed by atoms with Gasteiger partial charge in [0, 0.05) is 0 Å². The summed E-state index contributed by atoms with van der Waals surface area (Å²) < 4.78 is 5.00. The van der Waals surface area contributed by atoms with Crippen LogP contribution >= 0.6 is 23.2 Å². The predicted molar refractivity (Wildman–Crippen MR) is 63.7 cm³/mol. The van der Waals surface area contributed by atoms with Crippen LogP contribution in [0.2, 0.25) is 10.0 Å². The molecule has 88 valence electrons. The van der Waals surface area contributed by atoms with Gasteiger partial charge in [-0.3, -0.25) is 0 Å². The summed E-state index contributed by atoms with van der Waals surface area (Å²) >= 11 is 11.9. The quantitative estimate of drug-likeness (QED) is 0.903. The van der Waals surface area contributed by atoms with Crippen molar-refractivity contribution in [2.24, 2.45) is 0 Å². The van der Waals surface area contributed by atoms with Gasteiger partial charge in [0.15, 0.2) is 12.4 Å². The highest BCUT2D eigenvalue weighted by molar-refractivity contribution is 6.37. The number of ether oxygens (including phenoxy) is 1. The summed E-state index contributed by atoms with van der Waals surface area (Å²) in [6, 6.07) is 3.46. The van der Waals surface area contributed by atoms with E-state index >= 15 is 0 Å². The van der Waals surface area contributed by atoms with E-state index in [1.165, 1.54) is 0 Å². The van der Waals surface area contributed by atoms with Gasteiger partial charge in [-0.15, -0.1) is 0 Å². The first-order chi connectivity index (χ1) is 7.41. The summed E-state index contributed by atoms with van der Waals surface area (Å²) in [5.74, 6) is -0.557. The van der Waals surface area contributed by atoms with Crippen LogP contribution in [0.25, 0.3) is 0 Å². The largest absolute Gasteiger partial charge is 0.479 e. The molecule has 3 nitrogen and oxygen atoms in total. The van der Waals surface area contributed by atoms with Crippen molar-refractivity contribution in [1.29, 1.82) is 0 Å². The van der Waals surface area contributed by atoms with E-state index in [9.17, 15) is 4.79 Å². The zero-order valence-electron chi connectivity index (χ0n) is 8.96. The van der Waals surface area contributed by atoms with E-state index in [4.69, 9.17) is 33.0 Å². The number of halogens is 2. The van der Waals surface area contributed by atoms with E-state index in [2.05, 4.69) is 0 Å². The van der Waals surface area contributed by atoms with Crippen LogP contribution in [0.5, 0.6) is 5.75 Å². The molecule has 1 rings (SSSR count). The van der Waals surface area contributed by atoms with E-state index in [-0.39, 0.29) is 5.75 Å². The molecule has 0 radical (unpaired) electrons. The molecule has 0 bridgehead atoms. The Hall–Kier alpha value is -0.930. The van der Waals surface area contributed by atoms with Gasteiger partial charge in [-0.2, -0.15) is 0 Å². The third-order valence-corrected chi connectivity index (χ3v) is 2.59. The third kappa shape index (κ3) is 3.29. The lowest BCUT2D eigenvalue weighted by molar-refractivity contribution is -0.139. The van der Waals surface area contributed by atoms with Crippen molar-refractivity contribution in [3.63, 3.8) is 0 Å². The van der Waals surface area contributed by atoms with Crippen molar-refractivity contribution in [3.05, 3.63) is 27.7 Å². The molecule has 0 amide bonds. The normalized spacial score (nSPS) is 10.6. The maximum absolute atomic E-state index is 10.4. The number of hydrogen-bond acceptors (Lipinski definition) is 2. The van der Waals surface area contributed by atoms with E-state index in [0.717, 1.165) is 5.56 Å². The van der Waals surface area contributed by atoms with Gasteiger partial charge in [0.2, 0.25) is 0 Å². The van der Waals surface area contributed by atoms with Crippen molar-refractivity contribution < 1.29 is 14.6 Å². The van der Waals surface area contributed by atoms with Crippen LogP contribution in [-0.4, -0.2) is 17.7 Å². The highest BCUT2D eigenvalue weighted by Crippen LogP contribution is 2.36. The van der Waals surface area contributed by atoms with E-state index in [1.807, 2.05) is 13.8 Å². The zero-order chi connectivity index (χ0) is 12.3. The van der Waals surface area contributed by atoms with Crippen LogP contribution in [-0.2, 0) is 4.79 Å². The maximum atomic E-state index is 10.4. The molecule has 16 heavy (non-hydrogen) atoms. The fourth-order valence-corrected chi connectivity index (χ4v) is 1.80. The second kappa shape index (κ2) is 5.41. The Kier molecular flexibility index (Phi) is 4.44. The lowest BCUT2D eigenvalue weighted by atomic mass is 10.0. The fraction of sp³-hybridized carbons (Fsp3) is 0.364. The number of carboxylic acids is 1. The van der Waals surface area contributed by atoms with E-state index in [1.54, 1.807) is 12.1 Å². The molecule has 1 aromatic rings. The van der Waals surface area contributed by atoms with Gasteiger partial charge >= 0.3 is 5.97 Å². The number of carboxylic acid groups (broad SMARTS) is 1. The molecule has 0 fully saturated rings. The Balaban J connectivity index is 2.98. The van der Waals surface area contributed by atoms with Crippen LogP contribution in [0.4, 0.5) is 0 Å². The first-order valence-electron chi connectivity index (χ1n) is 4.75. The van der Waals surface area contributed by atoms with Crippen molar-refractivity contribution in [1.82, 2.24) is 0 Å².